The van der Waals surface area contributed by atoms with Crippen LogP contribution in [0.3, 0.4) is 0 Å². The third kappa shape index (κ3) is 4.85. The molecule has 20 heavy (non-hydrogen) atoms. The van der Waals surface area contributed by atoms with Gasteiger partial charge in [-0.05, 0) is 44.3 Å². The van der Waals surface area contributed by atoms with Gasteiger partial charge in [0.1, 0.15) is 5.82 Å². The Labute approximate surface area is 121 Å². The number of nitrogens with zero attached hydrogens (tertiary/aromatic N) is 2. The van der Waals surface area contributed by atoms with Crippen molar-refractivity contribution in [2.75, 3.05) is 33.7 Å². The number of hydrogen-bond acceptors (Lipinski definition) is 3. The minimum absolute atomic E-state index is 0.137. The van der Waals surface area contributed by atoms with Crippen LogP contribution in [0.5, 0.6) is 0 Å². The molecule has 0 aromatic heterocycles. The van der Waals surface area contributed by atoms with Gasteiger partial charge in [-0.1, -0.05) is 13.8 Å². The van der Waals surface area contributed by atoms with Crippen LogP contribution in [0.2, 0.25) is 0 Å². The highest BCUT2D eigenvalue weighted by atomic mass is 32.2. The molecule has 0 atom stereocenters. The Bertz CT molecular complexity index is 512. The van der Waals surface area contributed by atoms with Crippen molar-refractivity contribution in [1.82, 2.24) is 9.21 Å². The SMILES string of the molecule is CC(C)CN(CCN(C)C)S(=O)(=O)c1ccc(F)cc1. The van der Waals surface area contributed by atoms with Crippen molar-refractivity contribution in [1.29, 1.82) is 0 Å². The highest BCUT2D eigenvalue weighted by Crippen LogP contribution is 2.17. The molecule has 1 aromatic carbocycles. The third-order valence-electron chi connectivity index (χ3n) is 2.82. The minimum atomic E-state index is -3.57. The minimum Gasteiger partial charge on any atom is -0.308 e. The molecule has 0 aliphatic carbocycles. The smallest absolute Gasteiger partial charge is 0.243 e. The number of hydrogen-bond donors (Lipinski definition) is 0. The van der Waals surface area contributed by atoms with E-state index in [-0.39, 0.29) is 10.8 Å². The van der Waals surface area contributed by atoms with E-state index in [9.17, 15) is 12.8 Å². The van der Waals surface area contributed by atoms with Crippen LogP contribution in [-0.4, -0.2) is 51.4 Å². The Balaban J connectivity index is 3.00. The molecule has 6 heteroatoms. The molecule has 0 bridgehead atoms. The first-order valence-electron chi connectivity index (χ1n) is 6.64. The third-order valence-corrected chi connectivity index (χ3v) is 4.70. The average Bonchev–Trinajstić information content (AvgIpc) is 2.34. The summed E-state index contributed by atoms with van der Waals surface area (Å²) in [4.78, 5) is 2.08. The van der Waals surface area contributed by atoms with Crippen molar-refractivity contribution in [2.24, 2.45) is 5.92 Å². The highest BCUT2D eigenvalue weighted by Gasteiger charge is 2.24. The zero-order chi connectivity index (χ0) is 15.3. The molecule has 0 aliphatic heterocycles. The van der Waals surface area contributed by atoms with Crippen LogP contribution in [0, 0.1) is 11.7 Å². The molecule has 0 radical (unpaired) electrons. The van der Waals surface area contributed by atoms with Gasteiger partial charge in [0.25, 0.3) is 0 Å². The van der Waals surface area contributed by atoms with Gasteiger partial charge in [0.2, 0.25) is 10.0 Å². The fourth-order valence-corrected chi connectivity index (χ4v) is 3.38. The van der Waals surface area contributed by atoms with E-state index >= 15 is 0 Å². The summed E-state index contributed by atoms with van der Waals surface area (Å²) in [6.07, 6.45) is 0. The van der Waals surface area contributed by atoms with Crippen LogP contribution in [0.25, 0.3) is 0 Å². The second kappa shape index (κ2) is 7.15. The second-order valence-corrected chi connectivity index (χ2v) is 7.45. The van der Waals surface area contributed by atoms with Crippen LogP contribution in [0.4, 0.5) is 4.39 Å². The summed E-state index contributed by atoms with van der Waals surface area (Å²) in [7, 11) is 0.233. The number of rotatable bonds is 7. The Morgan fingerprint density at radius 2 is 1.65 bits per heavy atom. The van der Waals surface area contributed by atoms with Crippen molar-refractivity contribution < 1.29 is 12.8 Å². The molecule has 0 fully saturated rings. The molecule has 0 unspecified atom stereocenters. The molecule has 0 aliphatic rings. The summed E-state index contributed by atoms with van der Waals surface area (Å²) in [5, 5.41) is 0. The summed E-state index contributed by atoms with van der Waals surface area (Å²) in [5.41, 5.74) is 0. The Morgan fingerprint density at radius 1 is 1.10 bits per heavy atom. The molecule has 114 valence electrons. The van der Waals surface area contributed by atoms with Gasteiger partial charge in [0, 0.05) is 19.6 Å². The van der Waals surface area contributed by atoms with Gasteiger partial charge in [-0.2, -0.15) is 4.31 Å². The molecule has 0 amide bonds. The zero-order valence-corrected chi connectivity index (χ0v) is 13.3. The molecule has 0 saturated carbocycles. The van der Waals surface area contributed by atoms with E-state index in [2.05, 4.69) is 0 Å². The number of sulfonamides is 1. The number of halogens is 1. The molecule has 0 N–H and O–H groups in total. The van der Waals surface area contributed by atoms with Gasteiger partial charge >= 0.3 is 0 Å². The lowest BCUT2D eigenvalue weighted by atomic mass is 10.2. The Morgan fingerprint density at radius 3 is 2.10 bits per heavy atom. The van der Waals surface area contributed by atoms with Crippen molar-refractivity contribution in [3.8, 4) is 0 Å². The summed E-state index contributed by atoms with van der Waals surface area (Å²) >= 11 is 0. The van der Waals surface area contributed by atoms with Gasteiger partial charge in [-0.25, -0.2) is 12.8 Å². The number of benzene rings is 1. The molecule has 1 rings (SSSR count). The largest absolute Gasteiger partial charge is 0.308 e. The van der Waals surface area contributed by atoms with E-state index < -0.39 is 15.8 Å². The fourth-order valence-electron chi connectivity index (χ4n) is 1.78. The lowest BCUT2D eigenvalue weighted by Crippen LogP contribution is -2.38. The van der Waals surface area contributed by atoms with E-state index in [0.717, 1.165) is 0 Å². The molecular weight excluding hydrogens is 279 g/mol. The lowest BCUT2D eigenvalue weighted by Gasteiger charge is -2.25. The van der Waals surface area contributed by atoms with E-state index in [0.29, 0.717) is 19.6 Å². The van der Waals surface area contributed by atoms with E-state index in [4.69, 9.17) is 0 Å². The highest BCUT2D eigenvalue weighted by molar-refractivity contribution is 7.89. The zero-order valence-electron chi connectivity index (χ0n) is 12.5. The normalized spacial score (nSPS) is 12.6. The molecule has 0 saturated heterocycles. The summed E-state index contributed by atoms with van der Waals surface area (Å²) in [6.45, 7) is 5.47. The lowest BCUT2D eigenvalue weighted by molar-refractivity contribution is 0.312. The summed E-state index contributed by atoms with van der Waals surface area (Å²) in [6, 6.07) is 4.97. The standard InChI is InChI=1S/C14H23FN2O2S/c1-12(2)11-17(10-9-16(3)4)20(18,19)14-7-5-13(15)6-8-14/h5-8,12H,9-11H2,1-4H3. The first-order chi connectivity index (χ1) is 9.23. The van der Waals surface area contributed by atoms with Gasteiger partial charge in [0.15, 0.2) is 0 Å². The van der Waals surface area contributed by atoms with Crippen molar-refractivity contribution >= 4 is 10.0 Å². The summed E-state index contributed by atoms with van der Waals surface area (Å²) < 4.78 is 39.5. The van der Waals surface area contributed by atoms with Crippen molar-refractivity contribution in [2.45, 2.75) is 18.7 Å². The molecular formula is C14H23FN2O2S. The van der Waals surface area contributed by atoms with Crippen molar-refractivity contribution in [3.05, 3.63) is 30.1 Å². The Hall–Kier alpha value is -0.980. The fraction of sp³-hybridized carbons (Fsp3) is 0.571. The van der Waals surface area contributed by atoms with Crippen LogP contribution in [0.1, 0.15) is 13.8 Å². The topological polar surface area (TPSA) is 40.6 Å². The summed E-state index contributed by atoms with van der Waals surface area (Å²) in [5.74, 6) is -0.208. The van der Waals surface area contributed by atoms with E-state index in [1.807, 2.05) is 32.8 Å². The van der Waals surface area contributed by atoms with Crippen LogP contribution >= 0.6 is 0 Å². The monoisotopic (exact) mass is 302 g/mol. The van der Waals surface area contributed by atoms with Gasteiger partial charge in [-0.15, -0.1) is 0 Å². The van der Waals surface area contributed by atoms with Crippen LogP contribution in [0.15, 0.2) is 29.2 Å². The molecule has 0 spiro atoms. The molecule has 1 aromatic rings. The van der Waals surface area contributed by atoms with Gasteiger partial charge in [0.05, 0.1) is 4.90 Å². The van der Waals surface area contributed by atoms with Crippen LogP contribution in [-0.2, 0) is 10.0 Å². The maximum absolute atomic E-state index is 12.9. The van der Waals surface area contributed by atoms with Gasteiger partial charge < -0.3 is 4.90 Å². The predicted molar refractivity (Wildman–Crippen MR) is 78.6 cm³/mol. The first kappa shape index (κ1) is 17.1. The van der Waals surface area contributed by atoms with E-state index in [1.54, 1.807) is 0 Å². The average molecular weight is 302 g/mol. The van der Waals surface area contributed by atoms with Crippen LogP contribution < -0.4 is 0 Å². The van der Waals surface area contributed by atoms with E-state index in [1.165, 1.54) is 28.6 Å². The van der Waals surface area contributed by atoms with Crippen molar-refractivity contribution in [3.63, 3.8) is 0 Å². The quantitative estimate of drug-likeness (QED) is 0.774. The molecule has 0 heterocycles. The van der Waals surface area contributed by atoms with Gasteiger partial charge in [-0.3, -0.25) is 0 Å². The maximum atomic E-state index is 12.9. The molecule has 4 nitrogen and oxygen atoms in total. The maximum Gasteiger partial charge on any atom is 0.243 e. The predicted octanol–water partition coefficient (Wildman–Crippen LogP) is 2.03. The first-order valence-corrected chi connectivity index (χ1v) is 8.08. The Kier molecular flexibility index (Phi) is 6.10. The number of likely N-dealkylation sites (N-methyl/N-ethyl adjacent to an activating group) is 1. The second-order valence-electron chi connectivity index (χ2n) is 5.51.